The summed E-state index contributed by atoms with van der Waals surface area (Å²) in [5.74, 6) is -0.526. The lowest BCUT2D eigenvalue weighted by Crippen LogP contribution is -2.44. The molecule has 126 valence electrons. The Balaban J connectivity index is 1.82. The average Bonchev–Trinajstić information content (AvgIpc) is 2.94. The van der Waals surface area contributed by atoms with Crippen molar-refractivity contribution in [3.05, 3.63) is 58.9 Å². The fourth-order valence-electron chi connectivity index (χ4n) is 2.55. The van der Waals surface area contributed by atoms with Crippen molar-refractivity contribution >= 4 is 23.0 Å². The van der Waals surface area contributed by atoms with E-state index < -0.39 is 18.1 Å². The maximum atomic E-state index is 13.6. The molecule has 0 amide bonds. The van der Waals surface area contributed by atoms with Crippen LogP contribution < -0.4 is 10.7 Å². The largest absolute Gasteiger partial charge is 0.372 e. The number of aromatic nitrogens is 2. The molecule has 3 N–H and O–H groups in total. The van der Waals surface area contributed by atoms with Crippen molar-refractivity contribution in [2.45, 2.75) is 19.2 Å². The van der Waals surface area contributed by atoms with Gasteiger partial charge in [-0.25, -0.2) is 9.82 Å². The molecule has 3 heterocycles. The molecule has 8 heteroatoms. The number of aliphatic hydroxyl groups is 1. The van der Waals surface area contributed by atoms with E-state index in [1.165, 1.54) is 12.3 Å². The van der Waals surface area contributed by atoms with Crippen LogP contribution in [0.2, 0.25) is 5.02 Å². The molecule has 1 aliphatic heterocycles. The van der Waals surface area contributed by atoms with Crippen molar-refractivity contribution in [2.24, 2.45) is 0 Å². The van der Waals surface area contributed by atoms with Crippen LogP contribution in [0.3, 0.4) is 0 Å². The zero-order valence-corrected chi connectivity index (χ0v) is 13.9. The molecule has 0 aromatic carbocycles. The molecule has 1 aliphatic rings. The number of nitrogens with zero attached hydrogens (tertiary/aromatic N) is 3. The third-order valence-corrected chi connectivity index (χ3v) is 3.99. The van der Waals surface area contributed by atoms with Gasteiger partial charge in [0.05, 0.1) is 28.6 Å². The second-order valence-corrected chi connectivity index (χ2v) is 5.93. The highest BCUT2D eigenvalue weighted by atomic mass is 35.5. The summed E-state index contributed by atoms with van der Waals surface area (Å²) in [6.45, 7) is 1.88. The number of aryl methyl sites for hydroxylation is 1. The first-order valence-corrected chi connectivity index (χ1v) is 7.72. The lowest BCUT2D eigenvalue weighted by Gasteiger charge is -2.23. The third kappa shape index (κ3) is 3.33. The summed E-state index contributed by atoms with van der Waals surface area (Å²) in [5.41, 5.74) is 5.81. The topological polar surface area (TPSA) is 73.3 Å². The molecule has 6 nitrogen and oxygen atoms in total. The van der Waals surface area contributed by atoms with Crippen LogP contribution >= 0.6 is 11.6 Å². The van der Waals surface area contributed by atoms with Gasteiger partial charge < -0.3 is 15.4 Å². The summed E-state index contributed by atoms with van der Waals surface area (Å²) in [6, 6.07) is 2.84. The Bertz CT molecular complexity index is 785. The summed E-state index contributed by atoms with van der Waals surface area (Å²) in [6.07, 6.45) is 4.94. The highest BCUT2D eigenvalue weighted by Gasteiger charge is 2.28. The van der Waals surface area contributed by atoms with Gasteiger partial charge in [-0.2, -0.15) is 0 Å². The number of aliphatic hydroxyl groups excluding tert-OH is 1. The number of hydrogen-bond donors (Lipinski definition) is 3. The highest BCUT2D eigenvalue weighted by molar-refractivity contribution is 6.30. The van der Waals surface area contributed by atoms with E-state index in [2.05, 4.69) is 20.7 Å². The molecule has 0 saturated carbocycles. The van der Waals surface area contributed by atoms with Gasteiger partial charge in [0, 0.05) is 30.7 Å². The molecule has 0 aliphatic carbocycles. The van der Waals surface area contributed by atoms with Crippen molar-refractivity contribution in [3.8, 4) is 0 Å². The summed E-state index contributed by atoms with van der Waals surface area (Å²) >= 11 is 6.03. The second-order valence-electron chi connectivity index (χ2n) is 5.50. The third-order valence-electron chi connectivity index (χ3n) is 3.79. The Labute approximate surface area is 144 Å². The number of nitrogens with one attached hydrogen (secondary N) is 2. The normalized spacial score (nSPS) is 18.5. The minimum Gasteiger partial charge on any atom is -0.372 e. The Kier molecular flexibility index (Phi) is 4.66. The summed E-state index contributed by atoms with van der Waals surface area (Å²) in [4.78, 5) is 7.92. The van der Waals surface area contributed by atoms with Crippen LogP contribution in [0, 0.1) is 12.7 Å². The quantitative estimate of drug-likeness (QED) is 0.735. The predicted octanol–water partition coefficient (Wildman–Crippen LogP) is 2.17. The van der Waals surface area contributed by atoms with Crippen molar-refractivity contribution in [1.29, 1.82) is 0 Å². The van der Waals surface area contributed by atoms with E-state index in [4.69, 9.17) is 11.6 Å². The molecule has 0 radical (unpaired) electrons. The standard InChI is InChI=1S/C16H17ClFN5O/c1-9-11(5-10(17)7-20-9)15-6-14(22-23(15)2)16(24)21-13-3-4-19-8-12(13)18/h3-8,14,16,22,24H,1-2H3,(H,19,21). The highest BCUT2D eigenvalue weighted by Crippen LogP contribution is 2.27. The molecule has 0 bridgehead atoms. The number of hydrazine groups is 1. The maximum Gasteiger partial charge on any atom is 0.164 e. The van der Waals surface area contributed by atoms with Crippen molar-refractivity contribution in [1.82, 2.24) is 20.4 Å². The molecule has 0 saturated heterocycles. The predicted molar refractivity (Wildman–Crippen MR) is 90.5 cm³/mol. The molecule has 0 fully saturated rings. The summed E-state index contributed by atoms with van der Waals surface area (Å²) in [7, 11) is 1.83. The Morgan fingerprint density at radius 3 is 3.00 bits per heavy atom. The molecule has 0 spiro atoms. The first kappa shape index (κ1) is 16.6. The molecule has 2 aromatic heterocycles. The zero-order chi connectivity index (χ0) is 17.3. The van der Waals surface area contributed by atoms with Gasteiger partial charge in [0.2, 0.25) is 0 Å². The smallest absolute Gasteiger partial charge is 0.164 e. The monoisotopic (exact) mass is 349 g/mol. The van der Waals surface area contributed by atoms with Crippen LogP contribution in [0.4, 0.5) is 10.1 Å². The molecule has 2 atom stereocenters. The Morgan fingerprint density at radius 2 is 2.25 bits per heavy atom. The van der Waals surface area contributed by atoms with Gasteiger partial charge in [0.1, 0.15) is 6.23 Å². The van der Waals surface area contributed by atoms with E-state index in [-0.39, 0.29) is 5.69 Å². The summed E-state index contributed by atoms with van der Waals surface area (Å²) < 4.78 is 13.6. The fourth-order valence-corrected chi connectivity index (χ4v) is 2.71. The first-order chi connectivity index (χ1) is 11.5. The first-order valence-electron chi connectivity index (χ1n) is 7.34. The van der Waals surface area contributed by atoms with Crippen LogP contribution in [0.1, 0.15) is 11.3 Å². The number of pyridine rings is 2. The van der Waals surface area contributed by atoms with E-state index in [0.29, 0.717) is 5.02 Å². The van der Waals surface area contributed by atoms with Crippen molar-refractivity contribution < 1.29 is 9.50 Å². The lowest BCUT2D eigenvalue weighted by atomic mass is 10.1. The van der Waals surface area contributed by atoms with Crippen molar-refractivity contribution in [3.63, 3.8) is 0 Å². The van der Waals surface area contributed by atoms with Gasteiger partial charge in [0.15, 0.2) is 5.82 Å². The number of rotatable bonds is 4. The minimum absolute atomic E-state index is 0.185. The lowest BCUT2D eigenvalue weighted by molar-refractivity contribution is 0.151. The average molecular weight is 350 g/mol. The molecular formula is C16H17ClFN5O. The Morgan fingerprint density at radius 1 is 1.46 bits per heavy atom. The van der Waals surface area contributed by atoms with Gasteiger partial charge >= 0.3 is 0 Å². The van der Waals surface area contributed by atoms with Crippen LogP contribution in [-0.2, 0) is 0 Å². The van der Waals surface area contributed by atoms with Crippen LogP contribution in [0.25, 0.3) is 5.70 Å². The van der Waals surface area contributed by atoms with E-state index in [1.807, 2.05) is 26.1 Å². The minimum atomic E-state index is -1.03. The van der Waals surface area contributed by atoms with Gasteiger partial charge in [-0.05, 0) is 25.1 Å². The zero-order valence-electron chi connectivity index (χ0n) is 13.2. The summed E-state index contributed by atoms with van der Waals surface area (Å²) in [5, 5.41) is 15.4. The molecule has 24 heavy (non-hydrogen) atoms. The van der Waals surface area contributed by atoms with Gasteiger partial charge in [-0.3, -0.25) is 9.97 Å². The number of halogens is 2. The molecule has 2 aromatic rings. The van der Waals surface area contributed by atoms with Gasteiger partial charge in [-0.15, -0.1) is 0 Å². The Hall–Kier alpha value is -2.22. The van der Waals surface area contributed by atoms with Gasteiger partial charge in [0.25, 0.3) is 0 Å². The van der Waals surface area contributed by atoms with E-state index in [1.54, 1.807) is 11.2 Å². The van der Waals surface area contributed by atoms with Gasteiger partial charge in [-0.1, -0.05) is 11.6 Å². The van der Waals surface area contributed by atoms with E-state index >= 15 is 0 Å². The molecular weight excluding hydrogens is 333 g/mol. The van der Waals surface area contributed by atoms with E-state index in [0.717, 1.165) is 23.2 Å². The molecule has 2 unspecified atom stereocenters. The second kappa shape index (κ2) is 6.72. The number of anilines is 1. The van der Waals surface area contributed by atoms with Crippen LogP contribution in [0.15, 0.2) is 36.8 Å². The van der Waals surface area contributed by atoms with Crippen LogP contribution in [-0.4, -0.2) is 39.4 Å². The van der Waals surface area contributed by atoms with E-state index in [9.17, 15) is 9.50 Å². The molecule has 3 rings (SSSR count). The maximum absolute atomic E-state index is 13.6. The fraction of sp³-hybridized carbons (Fsp3) is 0.250. The van der Waals surface area contributed by atoms with Crippen molar-refractivity contribution in [2.75, 3.05) is 12.4 Å². The number of hydrogen-bond acceptors (Lipinski definition) is 6. The SMILES string of the molecule is Cc1ncc(Cl)cc1C1=CC(C(O)Nc2ccncc2F)NN1C. The van der Waals surface area contributed by atoms with Crippen LogP contribution in [0.5, 0.6) is 0 Å².